The quantitative estimate of drug-likeness (QED) is 0.798. The molecule has 2 aliphatic heterocycles. The highest BCUT2D eigenvalue weighted by Crippen LogP contribution is 2.27. The van der Waals surface area contributed by atoms with E-state index in [2.05, 4.69) is 27.9 Å². The van der Waals surface area contributed by atoms with E-state index in [-0.39, 0.29) is 17.7 Å². The minimum atomic E-state index is -0.209. The Morgan fingerprint density at radius 1 is 1.14 bits per heavy atom. The van der Waals surface area contributed by atoms with Crippen molar-refractivity contribution in [2.24, 2.45) is 5.92 Å². The second kappa shape index (κ2) is 6.38. The predicted molar refractivity (Wildman–Crippen MR) is 88.7 cm³/mol. The Labute approximate surface area is 139 Å². The van der Waals surface area contributed by atoms with E-state index in [0.717, 1.165) is 36.3 Å². The third kappa shape index (κ3) is 3.17. The van der Waals surface area contributed by atoms with Gasteiger partial charge in [-0.25, -0.2) is 0 Å². The monoisotopic (exact) mass is 365 g/mol. The average molecular weight is 366 g/mol. The van der Waals surface area contributed by atoms with Crippen molar-refractivity contribution in [1.29, 1.82) is 0 Å². The van der Waals surface area contributed by atoms with Crippen LogP contribution in [0.3, 0.4) is 0 Å². The number of likely N-dealkylation sites (N-methyl/N-ethyl adjacent to an activating group) is 1. The molecule has 1 unspecified atom stereocenters. The van der Waals surface area contributed by atoms with Crippen LogP contribution >= 0.6 is 15.9 Å². The lowest BCUT2D eigenvalue weighted by Crippen LogP contribution is -2.49. The van der Waals surface area contributed by atoms with E-state index in [1.807, 2.05) is 29.2 Å². The SMILES string of the molecule is CN1CCN(C(=O)C2CC(=O)N(c3ccc(Br)cc3)C2)CC1. The lowest BCUT2D eigenvalue weighted by Gasteiger charge is -2.33. The fourth-order valence-electron chi connectivity index (χ4n) is 3.03. The fraction of sp³-hybridized carbons (Fsp3) is 0.500. The molecule has 3 rings (SSSR count). The van der Waals surface area contributed by atoms with Crippen molar-refractivity contribution in [3.8, 4) is 0 Å². The first-order chi connectivity index (χ1) is 10.5. The van der Waals surface area contributed by atoms with E-state index < -0.39 is 0 Å². The predicted octanol–water partition coefficient (Wildman–Crippen LogP) is 1.58. The highest BCUT2D eigenvalue weighted by molar-refractivity contribution is 9.10. The maximum absolute atomic E-state index is 12.6. The number of anilines is 1. The molecule has 1 atom stereocenters. The van der Waals surface area contributed by atoms with Crippen molar-refractivity contribution >= 4 is 33.4 Å². The van der Waals surface area contributed by atoms with Crippen LogP contribution in [0, 0.1) is 5.92 Å². The van der Waals surface area contributed by atoms with Crippen LogP contribution in [0.1, 0.15) is 6.42 Å². The van der Waals surface area contributed by atoms with Gasteiger partial charge >= 0.3 is 0 Å². The van der Waals surface area contributed by atoms with Gasteiger partial charge in [-0.1, -0.05) is 15.9 Å². The van der Waals surface area contributed by atoms with E-state index in [4.69, 9.17) is 0 Å². The normalized spacial score (nSPS) is 23.2. The van der Waals surface area contributed by atoms with Gasteiger partial charge in [-0.3, -0.25) is 9.59 Å². The number of carbonyl (C=O) groups is 2. The molecule has 0 N–H and O–H groups in total. The standard InChI is InChI=1S/C16H20BrN3O2/c1-18-6-8-19(9-7-18)16(22)12-10-15(21)20(11-12)14-4-2-13(17)3-5-14/h2-5,12H,6-11H2,1H3. The first-order valence-electron chi connectivity index (χ1n) is 7.58. The molecule has 0 radical (unpaired) electrons. The second-order valence-corrected chi connectivity index (χ2v) is 6.93. The topological polar surface area (TPSA) is 43.9 Å². The van der Waals surface area contributed by atoms with E-state index in [0.29, 0.717) is 13.0 Å². The van der Waals surface area contributed by atoms with Gasteiger partial charge in [-0.15, -0.1) is 0 Å². The largest absolute Gasteiger partial charge is 0.340 e. The lowest BCUT2D eigenvalue weighted by molar-refractivity contribution is -0.137. The number of carbonyl (C=O) groups excluding carboxylic acids is 2. The molecule has 2 fully saturated rings. The minimum absolute atomic E-state index is 0.0369. The van der Waals surface area contributed by atoms with Crippen LogP contribution in [0.5, 0.6) is 0 Å². The van der Waals surface area contributed by atoms with Gasteiger partial charge in [0.2, 0.25) is 11.8 Å². The summed E-state index contributed by atoms with van der Waals surface area (Å²) in [6, 6.07) is 7.64. The summed E-state index contributed by atoms with van der Waals surface area (Å²) in [6.45, 7) is 3.83. The highest BCUT2D eigenvalue weighted by atomic mass is 79.9. The molecule has 0 aromatic heterocycles. The van der Waals surface area contributed by atoms with Gasteiger partial charge in [0.15, 0.2) is 0 Å². The third-order valence-electron chi connectivity index (χ3n) is 4.43. The van der Waals surface area contributed by atoms with E-state index >= 15 is 0 Å². The zero-order chi connectivity index (χ0) is 15.7. The number of benzene rings is 1. The number of piperazine rings is 1. The van der Waals surface area contributed by atoms with E-state index in [9.17, 15) is 9.59 Å². The Morgan fingerprint density at radius 2 is 1.77 bits per heavy atom. The molecule has 2 heterocycles. The zero-order valence-electron chi connectivity index (χ0n) is 12.7. The Kier molecular flexibility index (Phi) is 4.49. The number of hydrogen-bond donors (Lipinski definition) is 0. The molecule has 0 aliphatic carbocycles. The van der Waals surface area contributed by atoms with Crippen LogP contribution in [0.25, 0.3) is 0 Å². The van der Waals surface area contributed by atoms with Crippen LogP contribution in [-0.2, 0) is 9.59 Å². The third-order valence-corrected chi connectivity index (χ3v) is 4.96. The van der Waals surface area contributed by atoms with Crippen LogP contribution < -0.4 is 4.90 Å². The maximum Gasteiger partial charge on any atom is 0.228 e. The molecular weight excluding hydrogens is 346 g/mol. The van der Waals surface area contributed by atoms with E-state index in [1.165, 1.54) is 0 Å². The highest BCUT2D eigenvalue weighted by Gasteiger charge is 2.37. The molecule has 1 aromatic rings. The smallest absolute Gasteiger partial charge is 0.228 e. The second-order valence-electron chi connectivity index (χ2n) is 6.01. The summed E-state index contributed by atoms with van der Waals surface area (Å²) in [6.07, 6.45) is 0.321. The van der Waals surface area contributed by atoms with Crippen LogP contribution in [0.4, 0.5) is 5.69 Å². The van der Waals surface area contributed by atoms with Gasteiger partial charge in [0, 0.05) is 49.3 Å². The molecule has 2 saturated heterocycles. The molecular formula is C16H20BrN3O2. The first kappa shape index (κ1) is 15.5. The first-order valence-corrected chi connectivity index (χ1v) is 8.37. The molecule has 0 bridgehead atoms. The summed E-state index contributed by atoms with van der Waals surface area (Å²) in [5.41, 5.74) is 0.863. The van der Waals surface area contributed by atoms with Crippen molar-refractivity contribution in [2.45, 2.75) is 6.42 Å². The van der Waals surface area contributed by atoms with Gasteiger partial charge in [0.05, 0.1) is 5.92 Å². The molecule has 118 valence electrons. The Bertz CT molecular complexity index is 567. The molecule has 5 nitrogen and oxygen atoms in total. The summed E-state index contributed by atoms with van der Waals surface area (Å²) in [5, 5.41) is 0. The van der Waals surface area contributed by atoms with Crippen LogP contribution in [-0.4, -0.2) is 61.4 Å². The summed E-state index contributed by atoms with van der Waals surface area (Å²) in [5.74, 6) is -0.0459. The summed E-state index contributed by atoms with van der Waals surface area (Å²) in [4.78, 5) is 30.7. The Balaban J connectivity index is 1.66. The number of amides is 2. The summed E-state index contributed by atoms with van der Waals surface area (Å²) >= 11 is 3.39. The molecule has 22 heavy (non-hydrogen) atoms. The van der Waals surface area contributed by atoms with Gasteiger partial charge in [0.1, 0.15) is 0 Å². The van der Waals surface area contributed by atoms with E-state index in [1.54, 1.807) is 4.90 Å². The average Bonchev–Trinajstić information content (AvgIpc) is 2.90. The molecule has 6 heteroatoms. The van der Waals surface area contributed by atoms with Gasteiger partial charge < -0.3 is 14.7 Å². The van der Waals surface area contributed by atoms with Crippen LogP contribution in [0.15, 0.2) is 28.7 Å². The minimum Gasteiger partial charge on any atom is -0.340 e. The molecule has 2 amide bonds. The van der Waals surface area contributed by atoms with Gasteiger partial charge in [-0.05, 0) is 31.3 Å². The van der Waals surface area contributed by atoms with Crippen molar-refractivity contribution in [1.82, 2.24) is 9.80 Å². The van der Waals surface area contributed by atoms with Crippen LogP contribution in [0.2, 0.25) is 0 Å². The zero-order valence-corrected chi connectivity index (χ0v) is 14.3. The van der Waals surface area contributed by atoms with Crippen molar-refractivity contribution in [3.63, 3.8) is 0 Å². The van der Waals surface area contributed by atoms with Crippen molar-refractivity contribution in [2.75, 3.05) is 44.7 Å². The summed E-state index contributed by atoms with van der Waals surface area (Å²) in [7, 11) is 2.07. The Morgan fingerprint density at radius 3 is 2.41 bits per heavy atom. The fourth-order valence-corrected chi connectivity index (χ4v) is 3.29. The molecule has 0 spiro atoms. The van der Waals surface area contributed by atoms with Crippen molar-refractivity contribution < 1.29 is 9.59 Å². The van der Waals surface area contributed by atoms with Gasteiger partial charge in [-0.2, -0.15) is 0 Å². The Hall–Kier alpha value is -1.40. The number of rotatable bonds is 2. The molecule has 1 aromatic carbocycles. The molecule has 2 aliphatic rings. The van der Waals surface area contributed by atoms with Gasteiger partial charge in [0.25, 0.3) is 0 Å². The number of hydrogen-bond acceptors (Lipinski definition) is 3. The molecule has 0 saturated carbocycles. The lowest BCUT2D eigenvalue weighted by atomic mass is 10.1. The number of halogens is 1. The van der Waals surface area contributed by atoms with Crippen molar-refractivity contribution in [3.05, 3.63) is 28.7 Å². The maximum atomic E-state index is 12.6. The summed E-state index contributed by atoms with van der Waals surface area (Å²) < 4.78 is 0.980. The number of nitrogens with zero attached hydrogens (tertiary/aromatic N) is 3.